The molecule has 0 saturated heterocycles. The maximum Gasteiger partial charge on any atom is 0.358 e. The summed E-state index contributed by atoms with van der Waals surface area (Å²) in [7, 11) is 0. The van der Waals surface area contributed by atoms with Gasteiger partial charge in [-0.15, -0.1) is 15.3 Å². The molecule has 0 aliphatic carbocycles. The molecule has 94 valence electrons. The van der Waals surface area contributed by atoms with Crippen LogP contribution in [0.4, 0.5) is 0 Å². The van der Waals surface area contributed by atoms with Crippen molar-refractivity contribution in [3.8, 4) is 0 Å². The number of hydrogen-bond acceptors (Lipinski definition) is 7. The van der Waals surface area contributed by atoms with E-state index in [0.717, 1.165) is 0 Å². The lowest BCUT2D eigenvalue weighted by molar-refractivity contribution is 0.0690. The van der Waals surface area contributed by atoms with Crippen molar-refractivity contribution in [2.45, 2.75) is 6.54 Å². The zero-order chi connectivity index (χ0) is 13.0. The molecule has 0 radical (unpaired) electrons. The van der Waals surface area contributed by atoms with Gasteiger partial charge in [-0.2, -0.15) is 5.21 Å². The number of aromatic carboxylic acids is 1. The molecule has 2 heterocycles. The van der Waals surface area contributed by atoms with Gasteiger partial charge in [0.2, 0.25) is 0 Å². The van der Waals surface area contributed by atoms with Crippen molar-refractivity contribution in [3.63, 3.8) is 0 Å². The van der Waals surface area contributed by atoms with Gasteiger partial charge in [-0.3, -0.25) is 4.79 Å². The monoisotopic (exact) mass is 252 g/mol. The lowest BCUT2D eigenvalue weighted by Gasteiger charge is -2.01. The van der Waals surface area contributed by atoms with Gasteiger partial charge in [-0.05, 0) is 5.21 Å². The fraction of sp³-hybridized carbons (Fsp3) is 0.286. The molecule has 1 amide bonds. The van der Waals surface area contributed by atoms with E-state index in [-0.39, 0.29) is 24.6 Å². The van der Waals surface area contributed by atoms with E-state index in [2.05, 4.69) is 36.3 Å². The normalized spacial score (nSPS) is 10.2. The highest BCUT2D eigenvalue weighted by atomic mass is 16.4. The molecule has 0 atom stereocenters. The summed E-state index contributed by atoms with van der Waals surface area (Å²) in [5.41, 5.74) is -0.153. The number of rotatable bonds is 5. The molecular formula is C7H8N8O3. The van der Waals surface area contributed by atoms with E-state index in [1.54, 1.807) is 0 Å². The van der Waals surface area contributed by atoms with E-state index >= 15 is 0 Å². The fourth-order valence-corrected chi connectivity index (χ4v) is 1.13. The van der Waals surface area contributed by atoms with E-state index in [1.807, 2.05) is 0 Å². The third-order valence-corrected chi connectivity index (χ3v) is 1.93. The van der Waals surface area contributed by atoms with Crippen LogP contribution in [0.5, 0.6) is 0 Å². The predicted molar refractivity (Wildman–Crippen MR) is 53.5 cm³/mol. The summed E-state index contributed by atoms with van der Waals surface area (Å²) in [6, 6.07) is 0. The number of aromatic nitrogens is 7. The van der Waals surface area contributed by atoms with Crippen LogP contribution in [0.1, 0.15) is 21.1 Å². The molecule has 0 spiro atoms. The second-order valence-corrected chi connectivity index (χ2v) is 3.16. The van der Waals surface area contributed by atoms with Gasteiger partial charge in [-0.1, -0.05) is 5.21 Å². The van der Waals surface area contributed by atoms with Gasteiger partial charge in [0.25, 0.3) is 11.7 Å². The van der Waals surface area contributed by atoms with E-state index in [9.17, 15) is 9.59 Å². The summed E-state index contributed by atoms with van der Waals surface area (Å²) in [6.07, 6.45) is 1.27. The second-order valence-electron chi connectivity index (χ2n) is 3.16. The number of tetrazole rings is 1. The van der Waals surface area contributed by atoms with Crippen LogP contribution >= 0.6 is 0 Å². The highest BCUT2D eigenvalue weighted by Crippen LogP contribution is 1.92. The number of nitrogens with zero attached hydrogens (tertiary/aromatic N) is 6. The first-order chi connectivity index (χ1) is 8.66. The van der Waals surface area contributed by atoms with Crippen molar-refractivity contribution < 1.29 is 14.7 Å². The van der Waals surface area contributed by atoms with Crippen molar-refractivity contribution in [3.05, 3.63) is 17.7 Å². The van der Waals surface area contributed by atoms with Gasteiger partial charge in [0.15, 0.2) is 5.69 Å². The van der Waals surface area contributed by atoms with Crippen LogP contribution in [0.3, 0.4) is 0 Å². The van der Waals surface area contributed by atoms with Gasteiger partial charge in [0.05, 0.1) is 12.7 Å². The number of carboxylic acid groups (broad SMARTS) is 1. The number of amides is 1. The summed E-state index contributed by atoms with van der Waals surface area (Å²) in [5, 5.41) is 30.5. The first-order valence-electron chi connectivity index (χ1n) is 4.82. The van der Waals surface area contributed by atoms with Gasteiger partial charge >= 0.3 is 5.97 Å². The standard InChI is InChI=1S/C7H8N8O3/c16-6(5-10-12-13-11-5)8-1-2-15-3-4(7(17)18)9-14-15/h3H,1-2H2,(H,8,16)(H,17,18)(H,10,11,12,13). The molecule has 11 nitrogen and oxygen atoms in total. The number of carbonyl (C=O) groups is 2. The maximum atomic E-state index is 11.4. The Bertz CT molecular complexity index is 547. The van der Waals surface area contributed by atoms with Crippen LogP contribution in [-0.2, 0) is 6.54 Å². The van der Waals surface area contributed by atoms with Crippen molar-refractivity contribution in [1.29, 1.82) is 0 Å². The summed E-state index contributed by atoms with van der Waals surface area (Å²) in [4.78, 5) is 21.9. The maximum absolute atomic E-state index is 11.4. The number of nitrogens with one attached hydrogen (secondary N) is 2. The fourth-order valence-electron chi connectivity index (χ4n) is 1.13. The molecule has 18 heavy (non-hydrogen) atoms. The Labute approximate surface area is 99.2 Å². The zero-order valence-corrected chi connectivity index (χ0v) is 8.94. The van der Waals surface area contributed by atoms with Crippen molar-refractivity contribution >= 4 is 11.9 Å². The summed E-state index contributed by atoms with van der Waals surface area (Å²) in [6.45, 7) is 0.514. The quantitative estimate of drug-likeness (QED) is 0.548. The van der Waals surface area contributed by atoms with Crippen molar-refractivity contribution in [2.24, 2.45) is 0 Å². The third kappa shape index (κ3) is 2.63. The van der Waals surface area contributed by atoms with Crippen LogP contribution in [0.2, 0.25) is 0 Å². The molecule has 0 bridgehead atoms. The topological polar surface area (TPSA) is 152 Å². The molecule has 2 rings (SSSR count). The van der Waals surface area contributed by atoms with Crippen LogP contribution in [0.15, 0.2) is 6.20 Å². The third-order valence-electron chi connectivity index (χ3n) is 1.93. The molecule has 0 aromatic carbocycles. The molecule has 11 heteroatoms. The number of H-pyrrole nitrogens is 1. The van der Waals surface area contributed by atoms with E-state index < -0.39 is 11.9 Å². The number of hydrogen-bond donors (Lipinski definition) is 3. The Morgan fingerprint density at radius 3 is 2.89 bits per heavy atom. The summed E-state index contributed by atoms with van der Waals surface area (Å²) >= 11 is 0. The van der Waals surface area contributed by atoms with Gasteiger partial charge in [0.1, 0.15) is 0 Å². The van der Waals surface area contributed by atoms with Gasteiger partial charge in [0, 0.05) is 6.54 Å². The number of carboxylic acids is 1. The highest BCUT2D eigenvalue weighted by molar-refractivity contribution is 5.89. The first-order valence-corrected chi connectivity index (χ1v) is 4.82. The molecular weight excluding hydrogens is 244 g/mol. The molecule has 0 saturated carbocycles. The Kier molecular flexibility index (Phi) is 3.22. The molecule has 0 aliphatic rings. The molecule has 0 unspecified atom stereocenters. The average molecular weight is 252 g/mol. The lowest BCUT2D eigenvalue weighted by atomic mass is 10.5. The van der Waals surface area contributed by atoms with E-state index in [4.69, 9.17) is 5.11 Å². The van der Waals surface area contributed by atoms with E-state index in [0.29, 0.717) is 0 Å². The number of aromatic amines is 1. The van der Waals surface area contributed by atoms with Crippen LogP contribution in [-0.4, -0.2) is 59.1 Å². The van der Waals surface area contributed by atoms with Crippen LogP contribution in [0.25, 0.3) is 0 Å². The van der Waals surface area contributed by atoms with Gasteiger partial charge < -0.3 is 10.4 Å². The minimum absolute atomic E-state index is 0.0696. The molecule has 0 fully saturated rings. The van der Waals surface area contributed by atoms with Crippen molar-refractivity contribution in [1.82, 2.24) is 40.9 Å². The molecule has 2 aromatic rings. The van der Waals surface area contributed by atoms with Crippen LogP contribution < -0.4 is 5.32 Å². The molecule has 0 aliphatic heterocycles. The number of carbonyl (C=O) groups excluding carboxylic acids is 1. The van der Waals surface area contributed by atoms with E-state index in [1.165, 1.54) is 10.9 Å². The first kappa shape index (κ1) is 11.6. The summed E-state index contributed by atoms with van der Waals surface area (Å²) in [5.74, 6) is -1.71. The van der Waals surface area contributed by atoms with Gasteiger partial charge in [-0.25, -0.2) is 9.48 Å². The highest BCUT2D eigenvalue weighted by Gasteiger charge is 2.10. The second kappa shape index (κ2) is 4.99. The Morgan fingerprint density at radius 2 is 2.28 bits per heavy atom. The Hall–Kier alpha value is -2.85. The SMILES string of the molecule is O=C(O)c1cn(CCNC(=O)c2nn[nH]n2)nn1. The zero-order valence-electron chi connectivity index (χ0n) is 8.94. The Morgan fingerprint density at radius 1 is 1.44 bits per heavy atom. The minimum Gasteiger partial charge on any atom is -0.476 e. The smallest absolute Gasteiger partial charge is 0.358 e. The Balaban J connectivity index is 1.81. The average Bonchev–Trinajstić information content (AvgIpc) is 3.00. The minimum atomic E-state index is -1.16. The van der Waals surface area contributed by atoms with Crippen molar-refractivity contribution in [2.75, 3.05) is 6.54 Å². The molecule has 3 N–H and O–H groups in total. The summed E-state index contributed by atoms with van der Waals surface area (Å²) < 4.78 is 1.31. The lowest BCUT2D eigenvalue weighted by Crippen LogP contribution is -2.28. The largest absolute Gasteiger partial charge is 0.476 e. The predicted octanol–water partition coefficient (Wildman–Crippen LogP) is -2.08. The molecule has 2 aromatic heterocycles. The van der Waals surface area contributed by atoms with Crippen LogP contribution in [0, 0.1) is 0 Å².